The van der Waals surface area contributed by atoms with Crippen molar-refractivity contribution in [3.05, 3.63) is 35.4 Å². The van der Waals surface area contributed by atoms with E-state index < -0.39 is 0 Å². The molecule has 1 fully saturated rings. The van der Waals surface area contributed by atoms with E-state index in [0.29, 0.717) is 31.6 Å². The summed E-state index contributed by atoms with van der Waals surface area (Å²) in [6.07, 6.45) is 1.36. The topological polar surface area (TPSA) is 49.4 Å². The molecule has 1 aromatic rings. The molecule has 2 rings (SSSR count). The number of nitrogens with zero attached hydrogens (tertiary/aromatic N) is 1. The first-order valence-electron chi connectivity index (χ1n) is 6.35. The number of nitrogens with one attached hydrogen (secondary N) is 1. The summed E-state index contributed by atoms with van der Waals surface area (Å²) in [5.74, 6) is 0.0285. The van der Waals surface area contributed by atoms with Crippen LogP contribution in [0, 0.1) is 0 Å². The van der Waals surface area contributed by atoms with Crippen molar-refractivity contribution in [1.29, 1.82) is 0 Å². The van der Waals surface area contributed by atoms with Gasteiger partial charge in [-0.2, -0.15) is 0 Å². The minimum atomic E-state index is 0.00848. The second-order valence-electron chi connectivity index (χ2n) is 4.44. The molecule has 0 spiro atoms. The molecule has 1 aliphatic rings. The normalized spacial score (nSPS) is 16.1. The third kappa shape index (κ3) is 2.88. The lowest BCUT2D eigenvalue weighted by molar-refractivity contribution is -0.120. The molecule has 0 atom stereocenters. The third-order valence-corrected chi connectivity index (χ3v) is 3.21. The van der Waals surface area contributed by atoms with Crippen molar-refractivity contribution < 1.29 is 9.59 Å². The van der Waals surface area contributed by atoms with Crippen LogP contribution in [0.5, 0.6) is 0 Å². The number of benzene rings is 1. The first-order valence-corrected chi connectivity index (χ1v) is 6.35. The maximum Gasteiger partial charge on any atom is 0.253 e. The predicted molar refractivity (Wildman–Crippen MR) is 69.4 cm³/mol. The average molecular weight is 246 g/mol. The van der Waals surface area contributed by atoms with Crippen LogP contribution in [-0.4, -0.2) is 36.3 Å². The molecule has 0 radical (unpaired) electrons. The molecule has 1 N–H and O–H groups in total. The van der Waals surface area contributed by atoms with Crippen LogP contribution in [0.25, 0.3) is 0 Å². The van der Waals surface area contributed by atoms with Crippen molar-refractivity contribution in [2.24, 2.45) is 0 Å². The van der Waals surface area contributed by atoms with Gasteiger partial charge in [0.15, 0.2) is 0 Å². The zero-order chi connectivity index (χ0) is 13.0. The summed E-state index contributed by atoms with van der Waals surface area (Å²) in [6.45, 7) is 3.71. The van der Waals surface area contributed by atoms with Crippen molar-refractivity contribution in [3.8, 4) is 0 Å². The number of hydrogen-bond acceptors (Lipinski definition) is 2. The van der Waals surface area contributed by atoms with Crippen LogP contribution in [0.1, 0.15) is 29.3 Å². The Bertz CT molecular complexity index is 440. The molecule has 0 bridgehead atoms. The summed E-state index contributed by atoms with van der Waals surface area (Å²) >= 11 is 0. The van der Waals surface area contributed by atoms with Gasteiger partial charge in [0.05, 0.1) is 0 Å². The Morgan fingerprint density at radius 3 is 2.67 bits per heavy atom. The Balaban J connectivity index is 2.07. The van der Waals surface area contributed by atoms with Gasteiger partial charge in [-0.15, -0.1) is 0 Å². The van der Waals surface area contributed by atoms with E-state index in [1.165, 1.54) is 5.56 Å². The van der Waals surface area contributed by atoms with E-state index in [9.17, 15) is 9.59 Å². The lowest BCUT2D eigenvalue weighted by Gasteiger charge is -2.19. The van der Waals surface area contributed by atoms with E-state index in [1.807, 2.05) is 24.3 Å². The van der Waals surface area contributed by atoms with Gasteiger partial charge in [0.25, 0.3) is 5.91 Å². The standard InChI is InChI=1S/C14H18N2O2/c1-2-11-3-5-12(6-4-11)14(18)16-9-7-13(17)15-8-10-16/h3-6H,2,7-10H2,1H3,(H,15,17). The molecule has 96 valence electrons. The van der Waals surface area contributed by atoms with E-state index in [1.54, 1.807) is 4.90 Å². The minimum Gasteiger partial charge on any atom is -0.354 e. The van der Waals surface area contributed by atoms with E-state index in [4.69, 9.17) is 0 Å². The van der Waals surface area contributed by atoms with Gasteiger partial charge in [-0.05, 0) is 24.1 Å². The molecule has 0 saturated carbocycles. The number of hydrogen-bond donors (Lipinski definition) is 1. The van der Waals surface area contributed by atoms with E-state index >= 15 is 0 Å². The fraction of sp³-hybridized carbons (Fsp3) is 0.429. The van der Waals surface area contributed by atoms with Crippen molar-refractivity contribution in [2.45, 2.75) is 19.8 Å². The number of carbonyl (C=O) groups is 2. The minimum absolute atomic E-state index is 0.00848. The van der Waals surface area contributed by atoms with Gasteiger partial charge >= 0.3 is 0 Å². The zero-order valence-electron chi connectivity index (χ0n) is 10.6. The van der Waals surface area contributed by atoms with Crippen molar-refractivity contribution in [3.63, 3.8) is 0 Å². The molecule has 0 unspecified atom stereocenters. The van der Waals surface area contributed by atoms with E-state index in [2.05, 4.69) is 12.2 Å². The molecule has 18 heavy (non-hydrogen) atoms. The molecule has 0 aromatic heterocycles. The Morgan fingerprint density at radius 1 is 1.28 bits per heavy atom. The lowest BCUT2D eigenvalue weighted by atomic mass is 10.1. The molecular formula is C14H18N2O2. The average Bonchev–Trinajstić information content (AvgIpc) is 2.63. The van der Waals surface area contributed by atoms with Crippen LogP contribution in [0.15, 0.2) is 24.3 Å². The Morgan fingerprint density at radius 2 is 2.00 bits per heavy atom. The molecular weight excluding hydrogens is 228 g/mol. The quantitative estimate of drug-likeness (QED) is 0.852. The highest BCUT2D eigenvalue weighted by Crippen LogP contribution is 2.09. The fourth-order valence-corrected chi connectivity index (χ4v) is 2.04. The Labute approximate surface area is 107 Å². The van der Waals surface area contributed by atoms with Gasteiger partial charge < -0.3 is 10.2 Å². The van der Waals surface area contributed by atoms with E-state index in [0.717, 1.165) is 6.42 Å². The van der Waals surface area contributed by atoms with Crippen LogP contribution < -0.4 is 5.32 Å². The Kier molecular flexibility index (Phi) is 3.97. The summed E-state index contributed by atoms with van der Waals surface area (Å²) in [4.78, 5) is 25.2. The molecule has 1 heterocycles. The molecule has 4 heteroatoms. The molecule has 0 aliphatic carbocycles. The second-order valence-corrected chi connectivity index (χ2v) is 4.44. The van der Waals surface area contributed by atoms with Crippen LogP contribution in [0.2, 0.25) is 0 Å². The van der Waals surface area contributed by atoms with Gasteiger partial charge in [-0.25, -0.2) is 0 Å². The zero-order valence-corrected chi connectivity index (χ0v) is 10.6. The molecule has 1 saturated heterocycles. The summed E-state index contributed by atoms with van der Waals surface area (Å²) in [6, 6.07) is 7.69. The summed E-state index contributed by atoms with van der Waals surface area (Å²) < 4.78 is 0. The first kappa shape index (κ1) is 12.6. The molecule has 4 nitrogen and oxygen atoms in total. The van der Waals surface area contributed by atoms with Gasteiger partial charge in [-0.3, -0.25) is 9.59 Å². The van der Waals surface area contributed by atoms with Crippen LogP contribution in [0.4, 0.5) is 0 Å². The second kappa shape index (κ2) is 5.67. The summed E-state index contributed by atoms with van der Waals surface area (Å²) in [5.41, 5.74) is 1.92. The van der Waals surface area contributed by atoms with Crippen LogP contribution in [0.3, 0.4) is 0 Å². The van der Waals surface area contributed by atoms with Gasteiger partial charge in [0, 0.05) is 31.6 Å². The molecule has 2 amide bonds. The van der Waals surface area contributed by atoms with Crippen molar-refractivity contribution in [2.75, 3.05) is 19.6 Å². The highest BCUT2D eigenvalue weighted by molar-refractivity contribution is 5.94. The summed E-state index contributed by atoms with van der Waals surface area (Å²) in [5, 5.41) is 2.77. The number of rotatable bonds is 2. The third-order valence-electron chi connectivity index (χ3n) is 3.21. The monoisotopic (exact) mass is 246 g/mol. The van der Waals surface area contributed by atoms with Crippen LogP contribution >= 0.6 is 0 Å². The molecule has 1 aromatic carbocycles. The summed E-state index contributed by atoms with van der Waals surface area (Å²) in [7, 11) is 0. The maximum absolute atomic E-state index is 12.2. The number of amides is 2. The van der Waals surface area contributed by atoms with E-state index in [-0.39, 0.29) is 11.8 Å². The van der Waals surface area contributed by atoms with Gasteiger partial charge in [0.2, 0.25) is 5.91 Å². The lowest BCUT2D eigenvalue weighted by Crippen LogP contribution is -2.34. The van der Waals surface area contributed by atoms with Gasteiger partial charge in [-0.1, -0.05) is 19.1 Å². The van der Waals surface area contributed by atoms with Gasteiger partial charge in [0.1, 0.15) is 0 Å². The predicted octanol–water partition coefficient (Wildman–Crippen LogP) is 1.21. The smallest absolute Gasteiger partial charge is 0.253 e. The highest BCUT2D eigenvalue weighted by Gasteiger charge is 2.19. The number of carbonyl (C=O) groups excluding carboxylic acids is 2. The van der Waals surface area contributed by atoms with Crippen molar-refractivity contribution in [1.82, 2.24) is 10.2 Å². The largest absolute Gasteiger partial charge is 0.354 e. The SMILES string of the molecule is CCc1ccc(C(=O)N2CCNC(=O)CC2)cc1. The fourth-order valence-electron chi connectivity index (χ4n) is 2.04. The first-order chi connectivity index (χ1) is 8.70. The van der Waals surface area contributed by atoms with Crippen LogP contribution in [-0.2, 0) is 11.2 Å². The Hall–Kier alpha value is -1.84. The van der Waals surface area contributed by atoms with Crippen molar-refractivity contribution >= 4 is 11.8 Å². The molecule has 1 aliphatic heterocycles. The maximum atomic E-state index is 12.2. The number of aryl methyl sites for hydroxylation is 1. The highest BCUT2D eigenvalue weighted by atomic mass is 16.2.